The predicted molar refractivity (Wildman–Crippen MR) is 113 cm³/mol. The molecule has 0 atom stereocenters. The lowest BCUT2D eigenvalue weighted by Crippen LogP contribution is -2.44. The molecular formula is C19H25IN4O4. The van der Waals surface area contributed by atoms with Crippen LogP contribution in [0.25, 0.3) is 11.0 Å². The summed E-state index contributed by atoms with van der Waals surface area (Å²) in [6.45, 7) is 10.4. The molecule has 1 saturated carbocycles. The number of anilines is 1. The minimum absolute atomic E-state index is 0.164. The van der Waals surface area contributed by atoms with Crippen molar-refractivity contribution >= 4 is 51.6 Å². The zero-order valence-corrected chi connectivity index (χ0v) is 19.1. The van der Waals surface area contributed by atoms with Gasteiger partial charge in [0.25, 0.3) is 0 Å². The average molecular weight is 500 g/mol. The molecule has 8 nitrogen and oxygen atoms in total. The van der Waals surface area contributed by atoms with E-state index in [-0.39, 0.29) is 5.82 Å². The van der Waals surface area contributed by atoms with Crippen LogP contribution in [-0.2, 0) is 9.47 Å². The molecule has 3 rings (SSSR count). The van der Waals surface area contributed by atoms with Crippen LogP contribution in [0, 0.1) is 3.57 Å². The minimum Gasteiger partial charge on any atom is -0.443 e. The summed E-state index contributed by atoms with van der Waals surface area (Å²) >= 11 is 2.17. The van der Waals surface area contributed by atoms with Crippen LogP contribution < -0.4 is 4.90 Å². The predicted octanol–water partition coefficient (Wildman–Crippen LogP) is 5.05. The highest BCUT2D eigenvalue weighted by Gasteiger charge is 2.36. The van der Waals surface area contributed by atoms with Gasteiger partial charge in [-0.25, -0.2) is 19.6 Å². The molecule has 152 valence electrons. The van der Waals surface area contributed by atoms with Crippen LogP contribution >= 0.6 is 22.6 Å². The van der Waals surface area contributed by atoms with E-state index in [9.17, 15) is 9.59 Å². The Morgan fingerprint density at radius 2 is 1.61 bits per heavy atom. The van der Waals surface area contributed by atoms with Crippen LogP contribution in [0.1, 0.15) is 60.4 Å². The van der Waals surface area contributed by atoms with E-state index in [0.717, 1.165) is 21.3 Å². The van der Waals surface area contributed by atoms with Crippen molar-refractivity contribution in [3.05, 3.63) is 16.1 Å². The SMILES string of the molecule is CC(C)(C)OC(=O)N(C(=O)OC(C)(C)C)c1ncnc2c1c(I)cn2C1CC1. The molecule has 1 aliphatic carbocycles. The summed E-state index contributed by atoms with van der Waals surface area (Å²) in [7, 11) is 0. The average Bonchev–Trinajstić information content (AvgIpc) is 3.28. The summed E-state index contributed by atoms with van der Waals surface area (Å²) in [4.78, 5) is 35.4. The molecular weight excluding hydrogens is 475 g/mol. The first kappa shape index (κ1) is 20.8. The third-order valence-electron chi connectivity index (χ3n) is 3.85. The van der Waals surface area contributed by atoms with Crippen LogP contribution in [0.5, 0.6) is 0 Å². The van der Waals surface area contributed by atoms with E-state index in [1.807, 2.05) is 6.20 Å². The van der Waals surface area contributed by atoms with Gasteiger partial charge in [0.2, 0.25) is 0 Å². The second-order valence-corrected chi connectivity index (χ2v) is 9.97. The molecule has 2 aromatic heterocycles. The lowest BCUT2D eigenvalue weighted by Gasteiger charge is -2.28. The lowest BCUT2D eigenvalue weighted by atomic mass is 10.2. The number of aromatic nitrogens is 3. The van der Waals surface area contributed by atoms with Crippen molar-refractivity contribution in [3.63, 3.8) is 0 Å². The molecule has 0 unspecified atom stereocenters. The second kappa shape index (κ2) is 7.16. The van der Waals surface area contributed by atoms with Gasteiger partial charge in [0.15, 0.2) is 5.82 Å². The summed E-state index contributed by atoms with van der Waals surface area (Å²) in [5.74, 6) is 0.164. The molecule has 0 N–H and O–H groups in total. The van der Waals surface area contributed by atoms with Crippen LogP contribution in [0.15, 0.2) is 12.5 Å². The number of carbonyl (C=O) groups excluding carboxylic acids is 2. The van der Waals surface area contributed by atoms with Crippen molar-refractivity contribution in [1.29, 1.82) is 0 Å². The van der Waals surface area contributed by atoms with Crippen LogP contribution in [0.2, 0.25) is 0 Å². The fourth-order valence-corrected chi connectivity index (χ4v) is 3.47. The van der Waals surface area contributed by atoms with Crippen molar-refractivity contribution in [1.82, 2.24) is 14.5 Å². The molecule has 9 heteroatoms. The van der Waals surface area contributed by atoms with Crippen molar-refractivity contribution in [2.24, 2.45) is 0 Å². The Bertz CT molecular complexity index is 894. The number of halogens is 1. The van der Waals surface area contributed by atoms with E-state index in [0.29, 0.717) is 17.1 Å². The number of hydrogen-bond donors (Lipinski definition) is 0. The summed E-state index contributed by atoms with van der Waals surface area (Å²) in [6.07, 6.45) is 3.83. The number of nitrogens with zero attached hydrogens (tertiary/aromatic N) is 4. The number of carbonyl (C=O) groups is 2. The van der Waals surface area contributed by atoms with Crippen LogP contribution in [-0.4, -0.2) is 37.9 Å². The van der Waals surface area contributed by atoms with E-state index in [1.165, 1.54) is 6.33 Å². The fourth-order valence-electron chi connectivity index (χ4n) is 2.69. The van der Waals surface area contributed by atoms with Gasteiger partial charge in [-0.15, -0.1) is 0 Å². The summed E-state index contributed by atoms with van der Waals surface area (Å²) < 4.78 is 13.9. The Morgan fingerprint density at radius 1 is 1.07 bits per heavy atom. The highest BCUT2D eigenvalue weighted by atomic mass is 127. The largest absolute Gasteiger partial charge is 0.443 e. The molecule has 0 radical (unpaired) electrons. The first-order valence-corrected chi connectivity index (χ1v) is 10.2. The molecule has 1 aliphatic rings. The first-order valence-electron chi connectivity index (χ1n) is 9.14. The molecule has 0 saturated heterocycles. The zero-order chi connectivity index (χ0) is 20.9. The Morgan fingerprint density at radius 3 is 2.07 bits per heavy atom. The summed E-state index contributed by atoms with van der Waals surface area (Å²) in [5, 5.41) is 0.631. The summed E-state index contributed by atoms with van der Waals surface area (Å²) in [5.41, 5.74) is -0.873. The standard InChI is InChI=1S/C19H25IN4O4/c1-18(2,3)27-16(25)24(17(26)28-19(4,5)6)15-13-12(20)9-23(11-7-8-11)14(13)21-10-22-15/h9-11H,7-8H2,1-6H3. The van der Waals surface area contributed by atoms with E-state index >= 15 is 0 Å². The van der Waals surface area contributed by atoms with Gasteiger partial charge in [0, 0.05) is 15.8 Å². The van der Waals surface area contributed by atoms with Crippen molar-refractivity contribution in [3.8, 4) is 0 Å². The quantitative estimate of drug-likeness (QED) is 0.537. The molecule has 28 heavy (non-hydrogen) atoms. The number of ether oxygens (including phenoxy) is 2. The Kier molecular flexibility index (Phi) is 5.32. The molecule has 0 aromatic carbocycles. The smallest absolute Gasteiger partial charge is 0.425 e. The Hall–Kier alpha value is -1.91. The maximum absolute atomic E-state index is 12.9. The fraction of sp³-hybridized carbons (Fsp3) is 0.579. The van der Waals surface area contributed by atoms with E-state index < -0.39 is 23.4 Å². The second-order valence-electron chi connectivity index (χ2n) is 8.81. The topological polar surface area (TPSA) is 86.6 Å². The van der Waals surface area contributed by atoms with Gasteiger partial charge < -0.3 is 14.0 Å². The monoisotopic (exact) mass is 500 g/mol. The molecule has 0 aliphatic heterocycles. The highest BCUT2D eigenvalue weighted by Crippen LogP contribution is 2.40. The van der Waals surface area contributed by atoms with Crippen molar-refractivity contribution in [2.75, 3.05) is 4.90 Å². The van der Waals surface area contributed by atoms with Crippen molar-refractivity contribution in [2.45, 2.75) is 71.6 Å². The van der Waals surface area contributed by atoms with Crippen molar-refractivity contribution < 1.29 is 19.1 Å². The molecule has 0 bridgehead atoms. The van der Waals surface area contributed by atoms with Gasteiger partial charge in [-0.1, -0.05) is 0 Å². The third-order valence-corrected chi connectivity index (χ3v) is 4.67. The van der Waals surface area contributed by atoms with Gasteiger partial charge in [-0.3, -0.25) is 0 Å². The molecule has 2 aromatic rings. The lowest BCUT2D eigenvalue weighted by molar-refractivity contribution is 0.0429. The van der Waals surface area contributed by atoms with E-state index in [1.54, 1.807) is 41.5 Å². The highest BCUT2D eigenvalue weighted by molar-refractivity contribution is 14.1. The number of fused-ring (bicyclic) bond motifs is 1. The maximum atomic E-state index is 12.9. The van der Waals surface area contributed by atoms with Gasteiger partial charge in [-0.2, -0.15) is 4.90 Å². The number of rotatable bonds is 2. The molecule has 2 heterocycles. The van der Waals surface area contributed by atoms with Crippen LogP contribution in [0.4, 0.5) is 15.4 Å². The van der Waals surface area contributed by atoms with E-state index in [4.69, 9.17) is 9.47 Å². The number of hydrogen-bond acceptors (Lipinski definition) is 6. The zero-order valence-electron chi connectivity index (χ0n) is 16.9. The van der Waals surface area contributed by atoms with Gasteiger partial charge in [0.05, 0.1) is 5.39 Å². The van der Waals surface area contributed by atoms with Gasteiger partial charge in [-0.05, 0) is 77.0 Å². The molecule has 0 spiro atoms. The third kappa shape index (κ3) is 4.56. The van der Waals surface area contributed by atoms with Crippen LogP contribution in [0.3, 0.4) is 0 Å². The van der Waals surface area contributed by atoms with Gasteiger partial charge in [0.1, 0.15) is 23.2 Å². The molecule has 2 amide bonds. The van der Waals surface area contributed by atoms with Gasteiger partial charge >= 0.3 is 12.2 Å². The summed E-state index contributed by atoms with van der Waals surface area (Å²) in [6, 6.07) is 0.394. The first-order chi connectivity index (χ1) is 12.9. The molecule has 1 fully saturated rings. The Labute approximate surface area is 177 Å². The minimum atomic E-state index is -0.836. The number of imide groups is 1. The maximum Gasteiger partial charge on any atom is 0.425 e. The normalized spacial score (nSPS) is 14.8. The Balaban J connectivity index is 2.12. The van der Waals surface area contributed by atoms with E-state index in [2.05, 4.69) is 37.1 Å². The number of amides is 2.